The molecule has 0 amide bonds. The van der Waals surface area contributed by atoms with Gasteiger partial charge in [0.05, 0.1) is 39.7 Å². The van der Waals surface area contributed by atoms with E-state index in [4.69, 9.17) is 24.7 Å². The Morgan fingerprint density at radius 1 is 0.667 bits per heavy atom. The van der Waals surface area contributed by atoms with Crippen molar-refractivity contribution in [2.45, 2.75) is 0 Å². The summed E-state index contributed by atoms with van der Waals surface area (Å²) in [6, 6.07) is 9.68. The third kappa shape index (κ3) is 2.42. The Labute approximate surface area is 124 Å². The summed E-state index contributed by atoms with van der Waals surface area (Å²) in [5, 5.41) is 0. The van der Waals surface area contributed by atoms with Gasteiger partial charge in [0, 0.05) is 0 Å². The zero-order chi connectivity index (χ0) is 15.4. The molecule has 2 aromatic carbocycles. The van der Waals surface area contributed by atoms with Gasteiger partial charge in [-0.15, -0.1) is 0 Å². The molecule has 112 valence electrons. The van der Waals surface area contributed by atoms with Crippen LogP contribution in [0.1, 0.15) is 0 Å². The van der Waals surface area contributed by atoms with Crippen LogP contribution in [0.4, 0.5) is 5.69 Å². The predicted octanol–water partition coefficient (Wildman–Crippen LogP) is 2.97. The number of nitrogen functional groups attached to an aromatic ring is 1. The number of benzene rings is 2. The molecule has 0 aromatic heterocycles. The van der Waals surface area contributed by atoms with Gasteiger partial charge in [-0.1, -0.05) is 30.3 Å². The summed E-state index contributed by atoms with van der Waals surface area (Å²) in [5.41, 5.74) is 8.33. The van der Waals surface area contributed by atoms with E-state index in [-0.39, 0.29) is 0 Å². The third-order valence-electron chi connectivity index (χ3n) is 3.24. The summed E-state index contributed by atoms with van der Waals surface area (Å²) in [7, 11) is 6.18. The Balaban J connectivity index is 2.86. The summed E-state index contributed by atoms with van der Waals surface area (Å²) in [6.07, 6.45) is 0. The normalized spacial score (nSPS) is 10.1. The van der Waals surface area contributed by atoms with Crippen molar-refractivity contribution in [3.63, 3.8) is 0 Å². The van der Waals surface area contributed by atoms with Gasteiger partial charge < -0.3 is 24.7 Å². The van der Waals surface area contributed by atoms with Crippen molar-refractivity contribution in [2.75, 3.05) is 34.2 Å². The van der Waals surface area contributed by atoms with Gasteiger partial charge in [0.25, 0.3) is 0 Å². The number of methoxy groups -OCH3 is 4. The number of anilines is 1. The molecule has 0 bridgehead atoms. The first kappa shape index (κ1) is 14.8. The van der Waals surface area contributed by atoms with Crippen LogP contribution in [0.2, 0.25) is 0 Å². The number of nitrogens with two attached hydrogens (primary N) is 1. The maximum atomic E-state index is 6.26. The Kier molecular flexibility index (Phi) is 4.42. The molecule has 0 radical (unpaired) electrons. The van der Waals surface area contributed by atoms with E-state index in [9.17, 15) is 0 Å². The van der Waals surface area contributed by atoms with Crippen LogP contribution in [0, 0.1) is 0 Å². The van der Waals surface area contributed by atoms with Crippen LogP contribution in [0.3, 0.4) is 0 Å². The van der Waals surface area contributed by atoms with Gasteiger partial charge in [0.2, 0.25) is 11.5 Å². The lowest BCUT2D eigenvalue weighted by molar-refractivity contribution is 0.307. The van der Waals surface area contributed by atoms with E-state index in [1.807, 2.05) is 30.3 Å². The molecule has 0 aliphatic rings. The number of ether oxygens (including phenoxy) is 4. The predicted molar refractivity (Wildman–Crippen MR) is 82.5 cm³/mol. The summed E-state index contributed by atoms with van der Waals surface area (Å²) in [6.45, 7) is 0. The van der Waals surface area contributed by atoms with Crippen molar-refractivity contribution in [2.24, 2.45) is 0 Å². The van der Waals surface area contributed by atoms with Gasteiger partial charge in [0.15, 0.2) is 11.5 Å². The van der Waals surface area contributed by atoms with Crippen molar-refractivity contribution >= 4 is 5.69 Å². The van der Waals surface area contributed by atoms with Gasteiger partial charge in [-0.05, 0) is 5.56 Å². The second-order valence-electron chi connectivity index (χ2n) is 4.29. The van der Waals surface area contributed by atoms with Crippen molar-refractivity contribution < 1.29 is 18.9 Å². The van der Waals surface area contributed by atoms with Gasteiger partial charge in [-0.25, -0.2) is 0 Å². The standard InChI is InChI=1S/C16H19NO4/c1-18-13-11(10-8-6-5-7-9-10)12(17)14(19-2)16(21-4)15(13)20-3/h5-9H,17H2,1-4H3. The molecule has 2 aromatic rings. The minimum absolute atomic E-state index is 0.411. The highest BCUT2D eigenvalue weighted by atomic mass is 16.5. The monoisotopic (exact) mass is 289 g/mol. The zero-order valence-corrected chi connectivity index (χ0v) is 12.6. The quantitative estimate of drug-likeness (QED) is 0.857. The highest BCUT2D eigenvalue weighted by Gasteiger charge is 2.26. The van der Waals surface area contributed by atoms with Crippen molar-refractivity contribution in [3.05, 3.63) is 30.3 Å². The molecule has 21 heavy (non-hydrogen) atoms. The molecule has 0 fully saturated rings. The Morgan fingerprint density at radius 2 is 1.14 bits per heavy atom. The van der Waals surface area contributed by atoms with Gasteiger partial charge in [-0.3, -0.25) is 0 Å². The fourth-order valence-electron chi connectivity index (χ4n) is 2.34. The lowest BCUT2D eigenvalue weighted by Gasteiger charge is -2.21. The Bertz CT molecular complexity index is 626. The van der Waals surface area contributed by atoms with E-state index >= 15 is 0 Å². The van der Waals surface area contributed by atoms with Crippen LogP contribution in [0.25, 0.3) is 11.1 Å². The van der Waals surface area contributed by atoms with Crippen LogP contribution >= 0.6 is 0 Å². The van der Waals surface area contributed by atoms with E-state index < -0.39 is 0 Å². The molecule has 2 rings (SSSR count). The van der Waals surface area contributed by atoms with E-state index in [1.165, 1.54) is 14.2 Å². The molecule has 0 unspecified atom stereocenters. The summed E-state index contributed by atoms with van der Waals surface area (Å²) in [4.78, 5) is 0. The van der Waals surface area contributed by atoms with Gasteiger partial charge in [0.1, 0.15) is 0 Å². The fraction of sp³-hybridized carbons (Fsp3) is 0.250. The number of hydrogen-bond donors (Lipinski definition) is 1. The van der Waals surface area contributed by atoms with Crippen molar-refractivity contribution in [1.82, 2.24) is 0 Å². The third-order valence-corrected chi connectivity index (χ3v) is 3.24. The lowest BCUT2D eigenvalue weighted by Crippen LogP contribution is -2.04. The maximum absolute atomic E-state index is 6.26. The van der Waals surface area contributed by atoms with Gasteiger partial charge in [-0.2, -0.15) is 0 Å². The fourth-order valence-corrected chi connectivity index (χ4v) is 2.34. The molecule has 5 nitrogen and oxygen atoms in total. The number of hydrogen-bond acceptors (Lipinski definition) is 5. The average molecular weight is 289 g/mol. The number of rotatable bonds is 5. The largest absolute Gasteiger partial charge is 0.492 e. The molecule has 0 aliphatic heterocycles. The molecule has 0 aliphatic carbocycles. The summed E-state index contributed by atoms with van der Waals surface area (Å²) in [5.74, 6) is 1.80. The highest BCUT2D eigenvalue weighted by molar-refractivity contribution is 5.91. The van der Waals surface area contributed by atoms with Crippen LogP contribution in [-0.4, -0.2) is 28.4 Å². The highest BCUT2D eigenvalue weighted by Crippen LogP contribution is 2.54. The second-order valence-corrected chi connectivity index (χ2v) is 4.29. The molecule has 0 saturated heterocycles. The first-order valence-corrected chi connectivity index (χ1v) is 6.40. The van der Waals surface area contributed by atoms with E-state index in [0.29, 0.717) is 34.2 Å². The molecule has 5 heteroatoms. The summed E-state index contributed by atoms with van der Waals surface area (Å²) >= 11 is 0. The van der Waals surface area contributed by atoms with E-state index in [0.717, 1.165) is 5.56 Å². The smallest absolute Gasteiger partial charge is 0.209 e. The molecular formula is C16H19NO4. The Hall–Kier alpha value is -2.56. The minimum atomic E-state index is 0.411. The van der Waals surface area contributed by atoms with Crippen LogP contribution < -0.4 is 24.7 Å². The van der Waals surface area contributed by atoms with Crippen LogP contribution in [0.5, 0.6) is 23.0 Å². The zero-order valence-electron chi connectivity index (χ0n) is 12.6. The minimum Gasteiger partial charge on any atom is -0.492 e. The van der Waals surface area contributed by atoms with Crippen molar-refractivity contribution in [3.8, 4) is 34.1 Å². The van der Waals surface area contributed by atoms with Crippen molar-refractivity contribution in [1.29, 1.82) is 0 Å². The van der Waals surface area contributed by atoms with E-state index in [1.54, 1.807) is 14.2 Å². The first-order valence-electron chi connectivity index (χ1n) is 6.40. The maximum Gasteiger partial charge on any atom is 0.209 e. The molecule has 0 heterocycles. The first-order chi connectivity index (χ1) is 10.2. The van der Waals surface area contributed by atoms with Crippen LogP contribution in [-0.2, 0) is 0 Å². The molecule has 0 spiro atoms. The summed E-state index contributed by atoms with van der Waals surface area (Å²) < 4.78 is 21.7. The average Bonchev–Trinajstić information content (AvgIpc) is 2.54. The lowest BCUT2D eigenvalue weighted by atomic mass is 10.0. The Morgan fingerprint density at radius 3 is 1.62 bits per heavy atom. The molecule has 0 atom stereocenters. The topological polar surface area (TPSA) is 62.9 Å². The molecule has 0 saturated carbocycles. The SMILES string of the molecule is COc1c(N)c(-c2ccccc2)c(OC)c(OC)c1OC. The van der Waals surface area contributed by atoms with Gasteiger partial charge >= 0.3 is 0 Å². The second kappa shape index (κ2) is 6.26. The van der Waals surface area contributed by atoms with E-state index in [2.05, 4.69) is 0 Å². The van der Waals surface area contributed by atoms with Crippen LogP contribution in [0.15, 0.2) is 30.3 Å². The molecular weight excluding hydrogens is 270 g/mol. The molecule has 2 N–H and O–H groups in total.